The molecule has 90 valence electrons. The van der Waals surface area contributed by atoms with Gasteiger partial charge in [0.25, 0.3) is 0 Å². The standard InChI is InChI=1S/C11H19N3O2/c15-9-11-8-12-10-14(11)3-1-2-13-4-6-16-7-5-13/h8,10,15H,1-7,9H2. The normalized spacial score (nSPS) is 17.8. The van der Waals surface area contributed by atoms with Gasteiger partial charge in [-0.25, -0.2) is 4.98 Å². The van der Waals surface area contributed by atoms with Crippen LogP contribution < -0.4 is 0 Å². The Morgan fingerprint density at radius 2 is 2.12 bits per heavy atom. The van der Waals surface area contributed by atoms with E-state index in [2.05, 4.69) is 9.88 Å². The maximum Gasteiger partial charge on any atom is 0.0948 e. The van der Waals surface area contributed by atoms with Crippen LogP contribution in [0.2, 0.25) is 0 Å². The van der Waals surface area contributed by atoms with Crippen molar-refractivity contribution in [2.24, 2.45) is 0 Å². The topological polar surface area (TPSA) is 50.5 Å². The first-order valence-electron chi connectivity index (χ1n) is 5.80. The lowest BCUT2D eigenvalue weighted by molar-refractivity contribution is 0.0369. The Labute approximate surface area is 95.7 Å². The Bertz CT molecular complexity index is 308. The van der Waals surface area contributed by atoms with Gasteiger partial charge in [-0.3, -0.25) is 4.90 Å². The highest BCUT2D eigenvalue weighted by Gasteiger charge is 2.09. The van der Waals surface area contributed by atoms with Crippen LogP contribution in [-0.2, 0) is 17.9 Å². The average Bonchev–Trinajstić information content (AvgIpc) is 2.78. The fraction of sp³-hybridized carbons (Fsp3) is 0.727. The third-order valence-electron chi connectivity index (χ3n) is 2.94. The highest BCUT2D eigenvalue weighted by atomic mass is 16.5. The van der Waals surface area contributed by atoms with Crippen LogP contribution in [0.15, 0.2) is 12.5 Å². The van der Waals surface area contributed by atoms with Gasteiger partial charge in [0.2, 0.25) is 0 Å². The molecule has 0 unspecified atom stereocenters. The fourth-order valence-electron chi connectivity index (χ4n) is 1.97. The molecule has 0 bridgehead atoms. The van der Waals surface area contributed by atoms with Gasteiger partial charge in [0, 0.05) is 26.2 Å². The van der Waals surface area contributed by atoms with E-state index in [1.807, 2.05) is 4.57 Å². The summed E-state index contributed by atoms with van der Waals surface area (Å²) in [5.74, 6) is 0. The minimum absolute atomic E-state index is 0.0670. The zero-order valence-corrected chi connectivity index (χ0v) is 9.51. The molecule has 1 N–H and O–H groups in total. The zero-order chi connectivity index (χ0) is 11.2. The second-order valence-electron chi connectivity index (χ2n) is 4.04. The van der Waals surface area contributed by atoms with Crippen molar-refractivity contribution in [3.05, 3.63) is 18.2 Å². The number of rotatable bonds is 5. The number of morpholine rings is 1. The lowest BCUT2D eigenvalue weighted by Gasteiger charge is -2.26. The summed E-state index contributed by atoms with van der Waals surface area (Å²) < 4.78 is 7.31. The Hall–Kier alpha value is -0.910. The van der Waals surface area contributed by atoms with Crippen LogP contribution in [0.4, 0.5) is 0 Å². The highest BCUT2D eigenvalue weighted by molar-refractivity contribution is 4.95. The highest BCUT2D eigenvalue weighted by Crippen LogP contribution is 2.03. The Kier molecular flexibility index (Phi) is 4.33. The van der Waals surface area contributed by atoms with Crippen molar-refractivity contribution >= 4 is 0 Å². The molecule has 2 heterocycles. The van der Waals surface area contributed by atoms with E-state index in [9.17, 15) is 0 Å². The molecular formula is C11H19N3O2. The van der Waals surface area contributed by atoms with Crippen LogP contribution in [0.3, 0.4) is 0 Å². The van der Waals surface area contributed by atoms with Crippen molar-refractivity contribution < 1.29 is 9.84 Å². The number of imidazole rings is 1. The van der Waals surface area contributed by atoms with Crippen LogP contribution in [0.1, 0.15) is 12.1 Å². The molecule has 5 heteroatoms. The molecular weight excluding hydrogens is 206 g/mol. The minimum Gasteiger partial charge on any atom is -0.390 e. The molecule has 5 nitrogen and oxygen atoms in total. The molecule has 1 aliphatic rings. The maximum absolute atomic E-state index is 9.07. The van der Waals surface area contributed by atoms with Crippen LogP contribution in [0.25, 0.3) is 0 Å². The molecule has 0 spiro atoms. The molecule has 16 heavy (non-hydrogen) atoms. The summed E-state index contributed by atoms with van der Waals surface area (Å²) in [5.41, 5.74) is 0.891. The van der Waals surface area contributed by atoms with Gasteiger partial charge in [-0.15, -0.1) is 0 Å². The lowest BCUT2D eigenvalue weighted by atomic mass is 10.3. The Balaban J connectivity index is 1.71. The third-order valence-corrected chi connectivity index (χ3v) is 2.94. The van der Waals surface area contributed by atoms with Crippen molar-refractivity contribution in [2.45, 2.75) is 19.6 Å². The summed E-state index contributed by atoms with van der Waals surface area (Å²) in [6.45, 7) is 5.87. The molecule has 2 rings (SSSR count). The second kappa shape index (κ2) is 5.98. The number of aliphatic hydroxyl groups excluding tert-OH is 1. The van der Waals surface area contributed by atoms with Gasteiger partial charge in [-0.2, -0.15) is 0 Å². The smallest absolute Gasteiger partial charge is 0.0948 e. The monoisotopic (exact) mass is 225 g/mol. The summed E-state index contributed by atoms with van der Waals surface area (Å²) in [4.78, 5) is 6.44. The molecule has 1 aliphatic heterocycles. The molecule has 0 saturated carbocycles. The minimum atomic E-state index is 0.0670. The molecule has 1 aromatic heterocycles. The number of nitrogens with zero attached hydrogens (tertiary/aromatic N) is 3. The molecule has 0 aliphatic carbocycles. The summed E-state index contributed by atoms with van der Waals surface area (Å²) in [6, 6.07) is 0. The summed E-state index contributed by atoms with van der Waals surface area (Å²) in [5, 5.41) is 9.07. The van der Waals surface area contributed by atoms with Gasteiger partial charge in [0.15, 0.2) is 0 Å². The van der Waals surface area contributed by atoms with Gasteiger partial charge in [0.05, 0.1) is 38.0 Å². The van der Waals surface area contributed by atoms with Crippen LogP contribution in [0, 0.1) is 0 Å². The molecule has 0 radical (unpaired) electrons. The van der Waals surface area contributed by atoms with E-state index in [1.165, 1.54) is 0 Å². The molecule has 1 aromatic rings. The molecule has 0 amide bonds. The Morgan fingerprint density at radius 3 is 2.88 bits per heavy atom. The van der Waals surface area contributed by atoms with E-state index in [0.717, 1.165) is 51.5 Å². The lowest BCUT2D eigenvalue weighted by Crippen LogP contribution is -2.37. The van der Waals surface area contributed by atoms with E-state index in [4.69, 9.17) is 9.84 Å². The molecule has 1 fully saturated rings. The first kappa shape index (κ1) is 11.6. The third kappa shape index (κ3) is 3.04. The molecule has 0 atom stereocenters. The summed E-state index contributed by atoms with van der Waals surface area (Å²) in [6.07, 6.45) is 4.59. The number of ether oxygens (including phenoxy) is 1. The van der Waals surface area contributed by atoms with Crippen LogP contribution >= 0.6 is 0 Å². The predicted molar refractivity (Wildman–Crippen MR) is 60.0 cm³/mol. The number of aromatic nitrogens is 2. The second-order valence-corrected chi connectivity index (χ2v) is 4.04. The maximum atomic E-state index is 9.07. The van der Waals surface area contributed by atoms with Crippen molar-refractivity contribution in [3.63, 3.8) is 0 Å². The quantitative estimate of drug-likeness (QED) is 0.772. The SMILES string of the molecule is OCc1cncn1CCCN1CCOCC1. The zero-order valence-electron chi connectivity index (χ0n) is 9.51. The van der Waals surface area contributed by atoms with Crippen molar-refractivity contribution in [2.75, 3.05) is 32.8 Å². The number of hydrogen-bond acceptors (Lipinski definition) is 4. The van der Waals surface area contributed by atoms with E-state index < -0.39 is 0 Å². The van der Waals surface area contributed by atoms with Gasteiger partial charge < -0.3 is 14.4 Å². The van der Waals surface area contributed by atoms with E-state index in [1.54, 1.807) is 12.5 Å². The van der Waals surface area contributed by atoms with Crippen LogP contribution in [0.5, 0.6) is 0 Å². The predicted octanol–water partition coefficient (Wildman–Crippen LogP) is 0.0977. The van der Waals surface area contributed by atoms with Gasteiger partial charge in [-0.05, 0) is 6.42 Å². The fourth-order valence-corrected chi connectivity index (χ4v) is 1.97. The van der Waals surface area contributed by atoms with Gasteiger partial charge in [-0.1, -0.05) is 0 Å². The first-order valence-corrected chi connectivity index (χ1v) is 5.80. The van der Waals surface area contributed by atoms with E-state index in [-0.39, 0.29) is 6.61 Å². The summed E-state index contributed by atoms with van der Waals surface area (Å²) in [7, 11) is 0. The Morgan fingerprint density at radius 1 is 1.31 bits per heavy atom. The van der Waals surface area contributed by atoms with Gasteiger partial charge >= 0.3 is 0 Å². The van der Waals surface area contributed by atoms with Crippen molar-refractivity contribution in [1.82, 2.24) is 14.5 Å². The van der Waals surface area contributed by atoms with Crippen molar-refractivity contribution in [1.29, 1.82) is 0 Å². The van der Waals surface area contributed by atoms with E-state index >= 15 is 0 Å². The number of hydrogen-bond donors (Lipinski definition) is 1. The largest absolute Gasteiger partial charge is 0.390 e. The number of aliphatic hydroxyl groups is 1. The molecule has 1 saturated heterocycles. The number of aryl methyl sites for hydroxylation is 1. The van der Waals surface area contributed by atoms with Gasteiger partial charge in [0.1, 0.15) is 0 Å². The van der Waals surface area contributed by atoms with E-state index in [0.29, 0.717) is 0 Å². The van der Waals surface area contributed by atoms with Crippen molar-refractivity contribution in [3.8, 4) is 0 Å². The summed E-state index contributed by atoms with van der Waals surface area (Å²) >= 11 is 0. The molecule has 0 aromatic carbocycles. The van der Waals surface area contributed by atoms with Crippen LogP contribution in [-0.4, -0.2) is 52.4 Å². The average molecular weight is 225 g/mol. The first-order chi connectivity index (χ1) is 7.90.